The van der Waals surface area contributed by atoms with Crippen LogP contribution in [0, 0.1) is 5.41 Å². The van der Waals surface area contributed by atoms with Gasteiger partial charge in [0.15, 0.2) is 5.69 Å². The molecule has 2 saturated heterocycles. The average Bonchev–Trinajstić information content (AvgIpc) is 3.02. The number of benzene rings is 1. The number of nitrogens with zero attached hydrogens (tertiary/aromatic N) is 3. The third-order valence-electron chi connectivity index (χ3n) is 5.83. The Balaban J connectivity index is 1.62. The van der Waals surface area contributed by atoms with Crippen LogP contribution in [0.3, 0.4) is 0 Å². The summed E-state index contributed by atoms with van der Waals surface area (Å²) in [6.07, 6.45) is 3.12. The first kappa shape index (κ1) is 17.5. The fraction of sp³-hybridized carbons (Fsp3) is 0.600. The van der Waals surface area contributed by atoms with E-state index in [2.05, 4.69) is 5.10 Å². The standard InChI is InChI=1S/C20H27N3O3/c1-3-25-14-20-10-6-12-26-17(20)9-11-23(13-20)19(24)18-15-7-4-5-8-16(15)22(2)21-18/h4-5,7-8,17H,3,6,9-14H2,1-2H3. The Bertz CT molecular complexity index is 803. The molecule has 0 N–H and O–H groups in total. The number of para-hydroxylation sites is 1. The molecule has 4 rings (SSSR count). The van der Waals surface area contributed by atoms with Crippen molar-refractivity contribution in [2.75, 3.05) is 32.9 Å². The van der Waals surface area contributed by atoms with Crippen molar-refractivity contribution in [3.63, 3.8) is 0 Å². The minimum atomic E-state index is -0.0905. The number of rotatable bonds is 4. The Morgan fingerprint density at radius 2 is 2.27 bits per heavy atom. The number of amides is 1. The van der Waals surface area contributed by atoms with Gasteiger partial charge in [-0.05, 0) is 32.3 Å². The first-order chi connectivity index (χ1) is 12.6. The van der Waals surface area contributed by atoms with E-state index in [1.54, 1.807) is 4.68 Å². The molecule has 26 heavy (non-hydrogen) atoms. The van der Waals surface area contributed by atoms with E-state index in [0.29, 0.717) is 32.0 Å². The van der Waals surface area contributed by atoms with Crippen molar-refractivity contribution in [1.29, 1.82) is 0 Å². The Morgan fingerprint density at radius 1 is 1.42 bits per heavy atom. The number of carbonyl (C=O) groups excluding carboxylic acids is 1. The van der Waals surface area contributed by atoms with Crippen LogP contribution in [0.5, 0.6) is 0 Å². The van der Waals surface area contributed by atoms with Crippen molar-refractivity contribution in [2.45, 2.75) is 32.3 Å². The van der Waals surface area contributed by atoms with Gasteiger partial charge in [-0.15, -0.1) is 0 Å². The molecule has 1 aromatic carbocycles. The van der Waals surface area contributed by atoms with Gasteiger partial charge in [-0.25, -0.2) is 0 Å². The number of likely N-dealkylation sites (tertiary alicyclic amines) is 1. The lowest BCUT2D eigenvalue weighted by atomic mass is 9.73. The summed E-state index contributed by atoms with van der Waals surface area (Å²) >= 11 is 0. The van der Waals surface area contributed by atoms with E-state index in [-0.39, 0.29) is 17.4 Å². The molecule has 2 unspecified atom stereocenters. The SMILES string of the molecule is CCOCC12CCCOC1CCN(C(=O)c1nn(C)c3ccccc13)C2. The second-order valence-corrected chi connectivity index (χ2v) is 7.47. The van der Waals surface area contributed by atoms with Crippen LogP contribution in [0.4, 0.5) is 0 Å². The van der Waals surface area contributed by atoms with Gasteiger partial charge in [0.25, 0.3) is 5.91 Å². The van der Waals surface area contributed by atoms with Crippen molar-refractivity contribution < 1.29 is 14.3 Å². The van der Waals surface area contributed by atoms with Crippen molar-refractivity contribution in [3.05, 3.63) is 30.0 Å². The van der Waals surface area contributed by atoms with Crippen LogP contribution in [0.1, 0.15) is 36.7 Å². The highest BCUT2D eigenvalue weighted by Crippen LogP contribution is 2.41. The van der Waals surface area contributed by atoms with E-state index >= 15 is 0 Å². The lowest BCUT2D eigenvalue weighted by Gasteiger charge is -2.50. The number of carbonyl (C=O) groups is 1. The molecule has 2 fully saturated rings. The molecule has 2 aliphatic rings. The molecular weight excluding hydrogens is 330 g/mol. The second kappa shape index (κ2) is 7.00. The highest BCUT2D eigenvalue weighted by Gasteiger charge is 2.47. The monoisotopic (exact) mass is 357 g/mol. The molecule has 1 aromatic heterocycles. The third-order valence-corrected chi connectivity index (χ3v) is 5.83. The van der Waals surface area contributed by atoms with Crippen molar-refractivity contribution in [1.82, 2.24) is 14.7 Å². The lowest BCUT2D eigenvalue weighted by Crippen LogP contribution is -2.58. The van der Waals surface area contributed by atoms with Crippen molar-refractivity contribution in [3.8, 4) is 0 Å². The van der Waals surface area contributed by atoms with E-state index in [4.69, 9.17) is 9.47 Å². The molecule has 1 amide bonds. The van der Waals surface area contributed by atoms with Crippen LogP contribution in [-0.2, 0) is 16.5 Å². The topological polar surface area (TPSA) is 56.6 Å². The molecule has 0 radical (unpaired) electrons. The Hall–Kier alpha value is -1.92. The van der Waals surface area contributed by atoms with Gasteiger partial charge in [0.1, 0.15) is 0 Å². The minimum Gasteiger partial charge on any atom is -0.381 e. The largest absolute Gasteiger partial charge is 0.381 e. The summed E-state index contributed by atoms with van der Waals surface area (Å²) in [6.45, 7) is 5.57. The molecule has 6 heteroatoms. The number of hydrogen-bond donors (Lipinski definition) is 0. The van der Waals surface area contributed by atoms with Crippen molar-refractivity contribution >= 4 is 16.8 Å². The summed E-state index contributed by atoms with van der Waals surface area (Å²) in [5.41, 5.74) is 1.44. The third kappa shape index (κ3) is 2.91. The fourth-order valence-corrected chi connectivity index (χ4v) is 4.50. The summed E-state index contributed by atoms with van der Waals surface area (Å²) < 4.78 is 13.6. The van der Waals surface area contributed by atoms with E-state index in [0.717, 1.165) is 36.8 Å². The van der Waals surface area contributed by atoms with E-state index in [1.807, 2.05) is 43.1 Å². The minimum absolute atomic E-state index is 0.0155. The second-order valence-electron chi connectivity index (χ2n) is 7.47. The first-order valence-corrected chi connectivity index (χ1v) is 9.55. The molecule has 2 aromatic rings. The summed E-state index contributed by atoms with van der Waals surface area (Å²) in [5.74, 6) is 0.0155. The molecule has 0 bridgehead atoms. The predicted octanol–water partition coefficient (Wildman–Crippen LogP) is 2.62. The van der Waals surface area contributed by atoms with Crippen LogP contribution >= 0.6 is 0 Å². The van der Waals surface area contributed by atoms with Gasteiger partial charge in [0.2, 0.25) is 0 Å². The summed E-state index contributed by atoms with van der Waals surface area (Å²) in [6, 6.07) is 7.90. The van der Waals surface area contributed by atoms with Gasteiger partial charge in [0.05, 0.1) is 18.2 Å². The summed E-state index contributed by atoms with van der Waals surface area (Å²) in [5, 5.41) is 5.43. The Labute approximate surface area is 154 Å². The van der Waals surface area contributed by atoms with E-state index in [9.17, 15) is 4.79 Å². The molecule has 0 aliphatic carbocycles. The molecule has 2 aliphatic heterocycles. The van der Waals surface area contributed by atoms with Gasteiger partial charge in [0, 0.05) is 44.2 Å². The quantitative estimate of drug-likeness (QED) is 0.844. The molecule has 2 atom stereocenters. The number of aryl methyl sites for hydroxylation is 1. The number of piperidine rings is 1. The first-order valence-electron chi connectivity index (χ1n) is 9.55. The number of fused-ring (bicyclic) bond motifs is 2. The van der Waals surface area contributed by atoms with Crippen LogP contribution in [0.2, 0.25) is 0 Å². The maximum absolute atomic E-state index is 13.3. The highest BCUT2D eigenvalue weighted by molar-refractivity contribution is 6.04. The zero-order valence-electron chi connectivity index (χ0n) is 15.6. The number of aromatic nitrogens is 2. The van der Waals surface area contributed by atoms with Crippen LogP contribution in [-0.4, -0.2) is 59.6 Å². The Morgan fingerprint density at radius 3 is 3.12 bits per heavy atom. The van der Waals surface area contributed by atoms with Gasteiger partial charge in [-0.1, -0.05) is 18.2 Å². The molecule has 140 valence electrons. The van der Waals surface area contributed by atoms with Crippen molar-refractivity contribution in [2.24, 2.45) is 12.5 Å². The molecule has 0 saturated carbocycles. The van der Waals surface area contributed by atoms with Gasteiger partial charge < -0.3 is 14.4 Å². The lowest BCUT2D eigenvalue weighted by molar-refractivity contribution is -0.146. The number of hydrogen-bond acceptors (Lipinski definition) is 4. The fourth-order valence-electron chi connectivity index (χ4n) is 4.50. The van der Waals surface area contributed by atoms with Crippen LogP contribution in [0.15, 0.2) is 24.3 Å². The van der Waals surface area contributed by atoms with Crippen LogP contribution < -0.4 is 0 Å². The zero-order valence-corrected chi connectivity index (χ0v) is 15.6. The zero-order chi connectivity index (χ0) is 18.1. The van der Waals surface area contributed by atoms with Crippen LogP contribution in [0.25, 0.3) is 10.9 Å². The molecule has 0 spiro atoms. The average molecular weight is 357 g/mol. The Kier molecular flexibility index (Phi) is 4.71. The normalized spacial score (nSPS) is 26.1. The van der Waals surface area contributed by atoms with Gasteiger partial charge >= 0.3 is 0 Å². The molecule has 3 heterocycles. The molecular formula is C20H27N3O3. The van der Waals surface area contributed by atoms with Gasteiger partial charge in [-0.2, -0.15) is 5.10 Å². The van der Waals surface area contributed by atoms with E-state index < -0.39 is 0 Å². The molecule has 6 nitrogen and oxygen atoms in total. The predicted molar refractivity (Wildman–Crippen MR) is 99.1 cm³/mol. The smallest absolute Gasteiger partial charge is 0.275 e. The van der Waals surface area contributed by atoms with E-state index in [1.165, 1.54) is 0 Å². The summed E-state index contributed by atoms with van der Waals surface area (Å²) in [4.78, 5) is 15.2. The summed E-state index contributed by atoms with van der Waals surface area (Å²) in [7, 11) is 1.89. The maximum atomic E-state index is 13.3. The highest BCUT2D eigenvalue weighted by atomic mass is 16.5. The number of ether oxygens (including phenoxy) is 2. The maximum Gasteiger partial charge on any atom is 0.275 e. The van der Waals surface area contributed by atoms with Gasteiger partial charge in [-0.3, -0.25) is 9.48 Å².